The maximum Gasteiger partial charge on any atom is 0.328 e. The Morgan fingerprint density at radius 1 is 1.17 bits per heavy atom. The fourth-order valence-electron chi connectivity index (χ4n) is 2.88. The summed E-state index contributed by atoms with van der Waals surface area (Å²) in [5, 5.41) is 4.22. The van der Waals surface area contributed by atoms with E-state index in [1.165, 1.54) is 16.4 Å². The molecule has 0 saturated carbocycles. The maximum atomic E-state index is 13.0. The summed E-state index contributed by atoms with van der Waals surface area (Å²) in [5.41, 5.74) is 1.09. The monoisotopic (exact) mass is 421 g/mol. The van der Waals surface area contributed by atoms with Gasteiger partial charge >= 0.3 is 5.97 Å². The molecule has 0 amide bonds. The van der Waals surface area contributed by atoms with E-state index in [2.05, 4.69) is 5.10 Å². The lowest BCUT2D eigenvalue weighted by Gasteiger charge is -2.20. The Morgan fingerprint density at radius 2 is 1.83 bits per heavy atom. The molecule has 0 aliphatic heterocycles. The predicted molar refractivity (Wildman–Crippen MR) is 110 cm³/mol. The van der Waals surface area contributed by atoms with Crippen LogP contribution in [0, 0.1) is 6.92 Å². The summed E-state index contributed by atoms with van der Waals surface area (Å²) in [5.74, 6) is -0.569. The summed E-state index contributed by atoms with van der Waals surface area (Å²) < 4.78 is 33.4. The summed E-state index contributed by atoms with van der Waals surface area (Å²) in [6.07, 6.45) is -0.300. The number of rotatable bonds is 8. The largest absolute Gasteiger partial charge is 0.462 e. The molecule has 1 aromatic carbocycles. The number of esters is 1. The maximum absolute atomic E-state index is 13.0. The highest BCUT2D eigenvalue weighted by Crippen LogP contribution is 2.25. The van der Waals surface area contributed by atoms with Crippen molar-refractivity contribution in [3.8, 4) is 11.3 Å². The summed E-state index contributed by atoms with van der Waals surface area (Å²) in [7, 11) is -3.65. The van der Waals surface area contributed by atoms with E-state index in [1.807, 2.05) is 0 Å². The highest BCUT2D eigenvalue weighted by molar-refractivity contribution is 7.89. The van der Waals surface area contributed by atoms with Crippen molar-refractivity contribution in [1.29, 1.82) is 0 Å². The standard InChI is InChI=1S/C20H27N3O5S/c1-6-22(7-2)29(26,27)18-12-16(9-8-15(18)5)17-10-11-19(24)23(21-17)13-20(25)28-14(3)4/h8-12,14H,6-7,13H2,1-5H3. The molecule has 2 aromatic rings. The Kier molecular flexibility index (Phi) is 7.32. The lowest BCUT2D eigenvalue weighted by Crippen LogP contribution is -2.31. The second-order valence-electron chi connectivity index (χ2n) is 6.82. The molecule has 29 heavy (non-hydrogen) atoms. The molecule has 0 fully saturated rings. The quantitative estimate of drug-likeness (QED) is 0.606. The molecule has 1 heterocycles. The topological polar surface area (TPSA) is 98.6 Å². The Bertz CT molecular complexity index is 1040. The third kappa shape index (κ3) is 5.30. The second-order valence-corrected chi connectivity index (χ2v) is 8.73. The van der Waals surface area contributed by atoms with Crippen LogP contribution in [0.1, 0.15) is 33.3 Å². The van der Waals surface area contributed by atoms with Crippen molar-refractivity contribution in [2.24, 2.45) is 0 Å². The number of sulfonamides is 1. The molecule has 9 heteroatoms. The molecule has 158 valence electrons. The van der Waals surface area contributed by atoms with Crippen LogP contribution >= 0.6 is 0 Å². The van der Waals surface area contributed by atoms with Gasteiger partial charge in [0.2, 0.25) is 10.0 Å². The molecule has 0 saturated heterocycles. The first-order chi connectivity index (χ1) is 13.6. The lowest BCUT2D eigenvalue weighted by molar-refractivity contribution is -0.148. The van der Waals surface area contributed by atoms with Gasteiger partial charge in [-0.15, -0.1) is 0 Å². The fraction of sp³-hybridized carbons (Fsp3) is 0.450. The van der Waals surface area contributed by atoms with Gasteiger partial charge in [0.15, 0.2) is 0 Å². The van der Waals surface area contributed by atoms with Crippen LogP contribution < -0.4 is 5.56 Å². The summed E-state index contributed by atoms with van der Waals surface area (Å²) in [6, 6.07) is 7.79. The van der Waals surface area contributed by atoms with Gasteiger partial charge in [-0.3, -0.25) is 9.59 Å². The molecular weight excluding hydrogens is 394 g/mol. The molecule has 0 aliphatic rings. The second kappa shape index (κ2) is 9.32. The van der Waals surface area contributed by atoms with Crippen molar-refractivity contribution in [3.05, 3.63) is 46.2 Å². The third-order valence-corrected chi connectivity index (χ3v) is 6.51. The Balaban J connectivity index is 2.47. The smallest absolute Gasteiger partial charge is 0.328 e. The molecular formula is C20H27N3O5S. The lowest BCUT2D eigenvalue weighted by atomic mass is 10.1. The van der Waals surface area contributed by atoms with Crippen LogP contribution in [0.15, 0.2) is 40.0 Å². The van der Waals surface area contributed by atoms with Gasteiger partial charge in [-0.05, 0) is 38.5 Å². The summed E-state index contributed by atoms with van der Waals surface area (Å²) in [6.45, 7) is 9.15. The van der Waals surface area contributed by atoms with Crippen molar-refractivity contribution in [3.63, 3.8) is 0 Å². The van der Waals surface area contributed by atoms with Crippen LogP contribution in [0.3, 0.4) is 0 Å². The number of benzene rings is 1. The van der Waals surface area contributed by atoms with E-state index in [0.29, 0.717) is 29.9 Å². The number of carbonyl (C=O) groups excluding carboxylic acids is 1. The van der Waals surface area contributed by atoms with Crippen LogP contribution in [-0.2, 0) is 26.1 Å². The Morgan fingerprint density at radius 3 is 2.41 bits per heavy atom. The molecule has 0 bridgehead atoms. The van der Waals surface area contributed by atoms with Crippen LogP contribution in [0.4, 0.5) is 0 Å². The molecule has 0 spiro atoms. The average molecular weight is 422 g/mol. The molecule has 8 nitrogen and oxygen atoms in total. The van der Waals surface area contributed by atoms with E-state index in [9.17, 15) is 18.0 Å². The minimum atomic E-state index is -3.65. The van der Waals surface area contributed by atoms with Crippen LogP contribution in [0.5, 0.6) is 0 Å². The van der Waals surface area contributed by atoms with Gasteiger partial charge < -0.3 is 4.74 Å². The fourth-order valence-corrected chi connectivity index (χ4v) is 4.59. The Hall–Kier alpha value is -2.52. The first-order valence-electron chi connectivity index (χ1n) is 9.49. The number of aromatic nitrogens is 2. The van der Waals surface area contributed by atoms with Crippen LogP contribution in [0.25, 0.3) is 11.3 Å². The van der Waals surface area contributed by atoms with E-state index in [1.54, 1.807) is 52.8 Å². The number of hydrogen-bond donors (Lipinski definition) is 0. The zero-order valence-corrected chi connectivity index (χ0v) is 18.2. The molecule has 0 radical (unpaired) electrons. The number of carbonyl (C=O) groups is 1. The number of hydrogen-bond acceptors (Lipinski definition) is 6. The van der Waals surface area contributed by atoms with Gasteiger partial charge in [0.05, 0.1) is 16.7 Å². The van der Waals surface area contributed by atoms with E-state index in [0.717, 1.165) is 4.68 Å². The third-order valence-electron chi connectivity index (χ3n) is 4.32. The highest BCUT2D eigenvalue weighted by atomic mass is 32.2. The number of nitrogens with zero attached hydrogens (tertiary/aromatic N) is 3. The van der Waals surface area contributed by atoms with Crippen LogP contribution in [0.2, 0.25) is 0 Å². The molecule has 1 aromatic heterocycles. The first kappa shape index (κ1) is 22.8. The minimum absolute atomic E-state index is 0.192. The van der Waals surface area contributed by atoms with E-state index in [4.69, 9.17) is 4.74 Å². The molecule has 0 N–H and O–H groups in total. The van der Waals surface area contributed by atoms with Gasteiger partial charge in [-0.25, -0.2) is 13.1 Å². The molecule has 2 rings (SSSR count). The molecule has 0 unspecified atom stereocenters. The van der Waals surface area contributed by atoms with Crippen molar-refractivity contribution < 1.29 is 17.9 Å². The van der Waals surface area contributed by atoms with Crippen molar-refractivity contribution in [2.45, 2.75) is 52.2 Å². The van der Waals surface area contributed by atoms with Gasteiger partial charge in [-0.1, -0.05) is 26.0 Å². The number of aryl methyl sites for hydroxylation is 1. The van der Waals surface area contributed by atoms with Crippen molar-refractivity contribution in [2.75, 3.05) is 13.1 Å². The Labute approximate surface area is 171 Å². The van der Waals surface area contributed by atoms with Crippen LogP contribution in [-0.4, -0.2) is 47.7 Å². The minimum Gasteiger partial charge on any atom is -0.462 e. The normalized spacial score (nSPS) is 11.8. The zero-order chi connectivity index (χ0) is 21.8. The van der Waals surface area contributed by atoms with E-state index < -0.39 is 21.6 Å². The van der Waals surface area contributed by atoms with E-state index >= 15 is 0 Å². The van der Waals surface area contributed by atoms with Gasteiger partial charge in [0.25, 0.3) is 5.56 Å². The predicted octanol–water partition coefficient (Wildman–Crippen LogP) is 2.20. The van der Waals surface area contributed by atoms with Crippen molar-refractivity contribution in [1.82, 2.24) is 14.1 Å². The molecule has 0 aliphatic carbocycles. The first-order valence-corrected chi connectivity index (χ1v) is 10.9. The molecule has 0 atom stereocenters. The number of ether oxygens (including phenoxy) is 1. The summed E-state index contributed by atoms with van der Waals surface area (Å²) >= 11 is 0. The van der Waals surface area contributed by atoms with Gasteiger partial charge in [0, 0.05) is 24.7 Å². The van der Waals surface area contributed by atoms with Crippen molar-refractivity contribution >= 4 is 16.0 Å². The van der Waals surface area contributed by atoms with Gasteiger partial charge in [0.1, 0.15) is 6.54 Å². The zero-order valence-electron chi connectivity index (χ0n) is 17.4. The van der Waals surface area contributed by atoms with E-state index in [-0.39, 0.29) is 17.5 Å². The van der Waals surface area contributed by atoms with Gasteiger partial charge in [-0.2, -0.15) is 9.40 Å². The average Bonchev–Trinajstić information content (AvgIpc) is 2.64. The highest BCUT2D eigenvalue weighted by Gasteiger charge is 2.24. The SMILES string of the molecule is CCN(CC)S(=O)(=O)c1cc(-c2ccc(=O)n(CC(=O)OC(C)C)n2)ccc1C. The summed E-state index contributed by atoms with van der Waals surface area (Å²) in [4.78, 5) is 24.1.